The smallest absolute Gasteiger partial charge is 0.226 e. The Morgan fingerprint density at radius 3 is 2.52 bits per heavy atom. The summed E-state index contributed by atoms with van der Waals surface area (Å²) in [6.07, 6.45) is 2.22. The highest BCUT2D eigenvalue weighted by Gasteiger charge is 2.43. The number of likely N-dealkylation sites (N-methyl/N-ethyl adjacent to an activating group) is 1. The van der Waals surface area contributed by atoms with Crippen molar-refractivity contribution in [3.63, 3.8) is 0 Å². The second kappa shape index (κ2) is 11.8. The van der Waals surface area contributed by atoms with Gasteiger partial charge in [-0.3, -0.25) is 9.59 Å². The molecule has 1 aromatic carbocycles. The van der Waals surface area contributed by atoms with E-state index < -0.39 is 0 Å². The maximum atomic E-state index is 12.7. The van der Waals surface area contributed by atoms with Crippen LogP contribution in [-0.4, -0.2) is 50.0 Å². The number of rotatable bonds is 10. The molecule has 1 heterocycles. The molecule has 0 bridgehead atoms. The molecule has 27 heavy (non-hydrogen) atoms. The number of benzene rings is 1. The van der Waals surface area contributed by atoms with E-state index in [9.17, 15) is 9.59 Å². The molecule has 2 unspecified atom stereocenters. The van der Waals surface area contributed by atoms with Crippen LogP contribution in [0.5, 0.6) is 5.75 Å². The van der Waals surface area contributed by atoms with E-state index in [0.29, 0.717) is 13.1 Å². The number of hydrogen-bond acceptors (Lipinski definition) is 4. The van der Waals surface area contributed by atoms with Crippen molar-refractivity contribution in [2.45, 2.75) is 39.2 Å². The van der Waals surface area contributed by atoms with Crippen molar-refractivity contribution in [3.05, 3.63) is 29.8 Å². The van der Waals surface area contributed by atoms with E-state index in [1.54, 1.807) is 7.11 Å². The molecular weight excluding hydrogens is 366 g/mol. The minimum Gasteiger partial charge on any atom is -0.497 e. The highest BCUT2D eigenvalue weighted by atomic mass is 35.5. The van der Waals surface area contributed by atoms with Crippen molar-refractivity contribution >= 4 is 24.2 Å². The third-order valence-corrected chi connectivity index (χ3v) is 4.83. The average molecular weight is 398 g/mol. The van der Waals surface area contributed by atoms with E-state index in [1.165, 1.54) is 0 Å². The Morgan fingerprint density at radius 1 is 1.22 bits per heavy atom. The number of nitrogens with zero attached hydrogens (tertiary/aromatic N) is 1. The van der Waals surface area contributed by atoms with E-state index in [2.05, 4.69) is 17.6 Å². The summed E-state index contributed by atoms with van der Waals surface area (Å²) in [5.74, 6) is 0.432. The van der Waals surface area contributed by atoms with E-state index in [-0.39, 0.29) is 42.6 Å². The minimum atomic E-state index is -0.352. The zero-order chi connectivity index (χ0) is 18.9. The van der Waals surface area contributed by atoms with Gasteiger partial charge in [0.25, 0.3) is 0 Å². The van der Waals surface area contributed by atoms with Crippen LogP contribution in [0.3, 0.4) is 0 Å². The van der Waals surface area contributed by atoms with Crippen LogP contribution in [0.1, 0.15) is 44.7 Å². The second-order valence-corrected chi connectivity index (χ2v) is 6.61. The van der Waals surface area contributed by atoms with Gasteiger partial charge in [0.15, 0.2) is 0 Å². The molecule has 152 valence electrons. The highest BCUT2D eigenvalue weighted by Crippen LogP contribution is 2.39. The molecule has 2 amide bonds. The lowest BCUT2D eigenvalue weighted by atomic mass is 9.92. The molecule has 0 spiro atoms. The molecular formula is C20H32ClN3O3. The number of nitrogens with one attached hydrogen (secondary N) is 2. The van der Waals surface area contributed by atoms with Crippen molar-refractivity contribution in [1.82, 2.24) is 15.5 Å². The fourth-order valence-corrected chi connectivity index (χ4v) is 3.41. The zero-order valence-electron chi connectivity index (χ0n) is 16.5. The number of carbonyl (C=O) groups is 2. The Morgan fingerprint density at radius 2 is 1.93 bits per heavy atom. The third-order valence-electron chi connectivity index (χ3n) is 4.83. The van der Waals surface area contributed by atoms with Gasteiger partial charge in [-0.1, -0.05) is 32.4 Å². The predicted molar refractivity (Wildman–Crippen MR) is 109 cm³/mol. The van der Waals surface area contributed by atoms with Crippen molar-refractivity contribution in [1.29, 1.82) is 0 Å². The lowest BCUT2D eigenvalue weighted by Gasteiger charge is -2.28. The molecule has 1 aromatic rings. The first-order valence-corrected chi connectivity index (χ1v) is 9.54. The van der Waals surface area contributed by atoms with Crippen LogP contribution in [0, 0.1) is 5.92 Å². The topological polar surface area (TPSA) is 70.7 Å². The van der Waals surface area contributed by atoms with Gasteiger partial charge in [0.05, 0.1) is 19.1 Å². The first-order valence-electron chi connectivity index (χ1n) is 9.54. The molecule has 2 N–H and O–H groups in total. The molecule has 0 aromatic heterocycles. The number of carbonyl (C=O) groups excluding carboxylic acids is 2. The summed E-state index contributed by atoms with van der Waals surface area (Å²) in [5.41, 5.74) is 0.986. The van der Waals surface area contributed by atoms with E-state index in [1.807, 2.05) is 36.1 Å². The molecule has 2 atom stereocenters. The van der Waals surface area contributed by atoms with Crippen LogP contribution >= 0.6 is 12.4 Å². The molecule has 7 heteroatoms. The molecule has 6 nitrogen and oxygen atoms in total. The SMILES string of the molecule is CCCCN1C(=O)CC(C(=O)NCCNCC)C1c1ccc(OC)cc1.Cl. The lowest BCUT2D eigenvalue weighted by Crippen LogP contribution is -2.38. The Bertz CT molecular complexity index is 595. The number of likely N-dealkylation sites (tertiary alicyclic amines) is 1. The van der Waals surface area contributed by atoms with Gasteiger partial charge in [-0.05, 0) is 30.7 Å². The Balaban J connectivity index is 0.00000364. The maximum absolute atomic E-state index is 12.7. The van der Waals surface area contributed by atoms with Crippen molar-refractivity contribution < 1.29 is 14.3 Å². The lowest BCUT2D eigenvalue weighted by molar-refractivity contribution is -0.129. The molecule has 0 radical (unpaired) electrons. The Labute approximate surface area is 168 Å². The van der Waals surface area contributed by atoms with Gasteiger partial charge in [-0.2, -0.15) is 0 Å². The first-order chi connectivity index (χ1) is 12.6. The first kappa shape index (κ1) is 23.2. The maximum Gasteiger partial charge on any atom is 0.226 e. The molecule has 2 rings (SSSR count). The largest absolute Gasteiger partial charge is 0.497 e. The minimum absolute atomic E-state index is 0. The van der Waals surface area contributed by atoms with Crippen LogP contribution in [0.2, 0.25) is 0 Å². The summed E-state index contributed by atoms with van der Waals surface area (Å²) in [6, 6.07) is 7.48. The van der Waals surface area contributed by atoms with Gasteiger partial charge in [-0.15, -0.1) is 12.4 Å². The van der Waals surface area contributed by atoms with Gasteiger partial charge in [-0.25, -0.2) is 0 Å². The second-order valence-electron chi connectivity index (χ2n) is 6.61. The van der Waals surface area contributed by atoms with Crippen LogP contribution in [-0.2, 0) is 9.59 Å². The van der Waals surface area contributed by atoms with Gasteiger partial charge >= 0.3 is 0 Å². The van der Waals surface area contributed by atoms with Crippen molar-refractivity contribution in [2.75, 3.05) is 33.3 Å². The fraction of sp³-hybridized carbons (Fsp3) is 0.600. The Hall–Kier alpha value is -1.79. The number of amides is 2. The van der Waals surface area contributed by atoms with E-state index in [4.69, 9.17) is 4.74 Å². The quantitative estimate of drug-likeness (QED) is 0.595. The number of unbranched alkanes of at least 4 members (excludes halogenated alkanes) is 1. The van der Waals surface area contributed by atoms with Crippen LogP contribution in [0.4, 0.5) is 0 Å². The third kappa shape index (κ3) is 6.11. The van der Waals surface area contributed by atoms with Crippen molar-refractivity contribution in [3.8, 4) is 5.75 Å². The van der Waals surface area contributed by atoms with E-state index in [0.717, 1.165) is 37.2 Å². The standard InChI is InChI=1S/C20H31N3O3.ClH/c1-4-6-13-23-18(24)14-17(20(25)22-12-11-21-5-2)19(23)15-7-9-16(26-3)10-8-15;/h7-10,17,19,21H,4-6,11-14H2,1-3H3,(H,22,25);1H. The molecule has 1 fully saturated rings. The summed E-state index contributed by atoms with van der Waals surface area (Å²) >= 11 is 0. The molecule has 1 aliphatic rings. The van der Waals surface area contributed by atoms with Crippen LogP contribution < -0.4 is 15.4 Å². The zero-order valence-corrected chi connectivity index (χ0v) is 17.3. The average Bonchev–Trinajstić information content (AvgIpc) is 2.99. The normalized spacial score (nSPS) is 18.9. The predicted octanol–water partition coefficient (Wildman–Crippen LogP) is 2.53. The number of hydrogen-bond donors (Lipinski definition) is 2. The van der Waals surface area contributed by atoms with Gasteiger partial charge in [0.1, 0.15) is 5.75 Å². The molecule has 0 saturated carbocycles. The molecule has 0 aliphatic carbocycles. The summed E-state index contributed by atoms with van der Waals surface area (Å²) in [6.45, 7) is 7.00. The molecule has 1 saturated heterocycles. The van der Waals surface area contributed by atoms with Crippen molar-refractivity contribution in [2.24, 2.45) is 5.92 Å². The number of halogens is 1. The van der Waals surface area contributed by atoms with Crippen LogP contribution in [0.25, 0.3) is 0 Å². The van der Waals surface area contributed by atoms with E-state index >= 15 is 0 Å². The Kier molecular flexibility index (Phi) is 10.2. The highest BCUT2D eigenvalue weighted by molar-refractivity contribution is 5.90. The van der Waals surface area contributed by atoms with Crippen LogP contribution in [0.15, 0.2) is 24.3 Å². The summed E-state index contributed by atoms with van der Waals surface area (Å²) < 4.78 is 5.23. The summed E-state index contributed by atoms with van der Waals surface area (Å²) in [5, 5.41) is 6.16. The van der Waals surface area contributed by atoms with Gasteiger partial charge in [0.2, 0.25) is 11.8 Å². The summed E-state index contributed by atoms with van der Waals surface area (Å²) in [7, 11) is 1.63. The monoisotopic (exact) mass is 397 g/mol. The number of ether oxygens (including phenoxy) is 1. The molecule has 1 aliphatic heterocycles. The fourth-order valence-electron chi connectivity index (χ4n) is 3.41. The van der Waals surface area contributed by atoms with Gasteiger partial charge in [0, 0.05) is 26.1 Å². The number of methoxy groups -OCH3 is 1. The van der Waals surface area contributed by atoms with Gasteiger partial charge < -0.3 is 20.3 Å². The summed E-state index contributed by atoms with van der Waals surface area (Å²) in [4.78, 5) is 27.2.